The molecule has 0 unspecified atom stereocenters. The molecule has 2 rings (SSSR count). The third kappa shape index (κ3) is 3.83. The molecule has 3 nitrogen and oxygen atoms in total. The van der Waals surface area contributed by atoms with Crippen molar-refractivity contribution in [2.75, 3.05) is 4.90 Å². The van der Waals surface area contributed by atoms with E-state index in [4.69, 9.17) is 0 Å². The second-order valence-corrected chi connectivity index (χ2v) is 5.51. The highest BCUT2D eigenvalue weighted by Crippen LogP contribution is 2.29. The summed E-state index contributed by atoms with van der Waals surface area (Å²) in [5, 5.41) is 0. The molecule has 0 aliphatic carbocycles. The molecule has 1 aliphatic heterocycles. The molecule has 0 radical (unpaired) electrons. The first-order valence-corrected chi connectivity index (χ1v) is 7.67. The first-order valence-electron chi connectivity index (χ1n) is 7.67. The molecule has 1 heterocycles. The molecule has 3 heteroatoms. The van der Waals surface area contributed by atoms with Gasteiger partial charge in [-0.1, -0.05) is 45.2 Å². The van der Waals surface area contributed by atoms with Crippen LogP contribution in [-0.4, -0.2) is 17.4 Å². The number of carbonyl (C=O) groups is 1. The van der Waals surface area contributed by atoms with Crippen molar-refractivity contribution in [1.82, 2.24) is 0 Å². The van der Waals surface area contributed by atoms with Crippen LogP contribution in [0.25, 0.3) is 0 Å². The number of carbonyl (C=O) groups excluding carboxylic acids is 1. The maximum Gasteiger partial charge on any atom is 0.229 e. The van der Waals surface area contributed by atoms with Gasteiger partial charge in [-0.25, -0.2) is 0 Å². The van der Waals surface area contributed by atoms with E-state index in [2.05, 4.69) is 38.1 Å². The van der Waals surface area contributed by atoms with Crippen molar-refractivity contribution in [1.29, 1.82) is 0 Å². The summed E-state index contributed by atoms with van der Waals surface area (Å²) in [6, 6.07) is 8.99. The minimum atomic E-state index is 0. The van der Waals surface area contributed by atoms with Gasteiger partial charge in [-0.2, -0.15) is 0 Å². The van der Waals surface area contributed by atoms with Gasteiger partial charge in [0.2, 0.25) is 5.91 Å². The van der Waals surface area contributed by atoms with Crippen LogP contribution in [0.15, 0.2) is 24.3 Å². The van der Waals surface area contributed by atoms with Gasteiger partial charge in [-0.3, -0.25) is 4.79 Å². The van der Waals surface area contributed by atoms with Gasteiger partial charge in [0.25, 0.3) is 0 Å². The average molecular weight is 277 g/mol. The van der Waals surface area contributed by atoms with Crippen molar-refractivity contribution >= 4 is 11.6 Å². The van der Waals surface area contributed by atoms with E-state index >= 15 is 0 Å². The zero-order valence-corrected chi connectivity index (χ0v) is 12.7. The highest BCUT2D eigenvalue weighted by atomic mass is 16.2. The predicted molar refractivity (Wildman–Crippen MR) is 84.1 cm³/mol. The number of benzene rings is 1. The van der Waals surface area contributed by atoms with Crippen LogP contribution in [-0.2, 0) is 11.2 Å². The second kappa shape index (κ2) is 8.05. The molecule has 1 aromatic carbocycles. The van der Waals surface area contributed by atoms with Gasteiger partial charge in [0.05, 0.1) is 0 Å². The van der Waals surface area contributed by atoms with E-state index in [0.29, 0.717) is 6.04 Å². The number of unbranched alkanes of at least 4 members (excludes halogenated alkanes) is 3. The zero-order chi connectivity index (χ0) is 13.7. The number of aryl methyl sites for hydroxylation is 1. The summed E-state index contributed by atoms with van der Waals surface area (Å²) in [5.74, 6) is 0.266. The van der Waals surface area contributed by atoms with Crippen molar-refractivity contribution in [2.45, 2.75) is 64.8 Å². The van der Waals surface area contributed by atoms with E-state index in [1.54, 1.807) is 0 Å². The normalized spacial score (nSPS) is 17.6. The number of nitrogens with zero attached hydrogens (tertiary/aromatic N) is 1. The lowest BCUT2D eigenvalue weighted by molar-refractivity contribution is -0.124. The predicted octanol–water partition coefficient (Wildman–Crippen LogP) is 3.50. The minimum Gasteiger partial charge on any atom is -0.412 e. The Kier molecular flexibility index (Phi) is 6.73. The molecule has 1 saturated heterocycles. The largest absolute Gasteiger partial charge is 0.412 e. The van der Waals surface area contributed by atoms with E-state index in [1.165, 1.54) is 31.2 Å². The van der Waals surface area contributed by atoms with Crippen LogP contribution in [0, 0.1) is 0 Å². The summed E-state index contributed by atoms with van der Waals surface area (Å²) in [5.41, 5.74) is 2.46. The Bertz CT molecular complexity index is 414. The zero-order valence-electron chi connectivity index (χ0n) is 12.7. The van der Waals surface area contributed by atoms with Crippen LogP contribution in [0.1, 0.15) is 57.9 Å². The molecule has 1 amide bonds. The van der Waals surface area contributed by atoms with Crippen LogP contribution < -0.4 is 4.90 Å². The smallest absolute Gasteiger partial charge is 0.229 e. The summed E-state index contributed by atoms with van der Waals surface area (Å²) >= 11 is 0. The van der Waals surface area contributed by atoms with Crippen LogP contribution >= 0.6 is 0 Å². The fourth-order valence-corrected chi connectivity index (χ4v) is 2.74. The summed E-state index contributed by atoms with van der Waals surface area (Å²) < 4.78 is 0. The summed E-state index contributed by atoms with van der Waals surface area (Å²) in [6.07, 6.45) is 8.13. The van der Waals surface area contributed by atoms with E-state index < -0.39 is 0 Å². The topological polar surface area (TPSA) is 51.8 Å². The van der Waals surface area contributed by atoms with Gasteiger partial charge < -0.3 is 10.4 Å². The number of amides is 1. The lowest BCUT2D eigenvalue weighted by Gasteiger charge is -2.40. The first kappa shape index (κ1) is 16.7. The van der Waals surface area contributed by atoms with Crippen molar-refractivity contribution in [3.05, 3.63) is 29.8 Å². The van der Waals surface area contributed by atoms with E-state index in [-0.39, 0.29) is 11.4 Å². The molecular formula is C17H27NO2. The van der Waals surface area contributed by atoms with Crippen LogP contribution in [0.5, 0.6) is 0 Å². The summed E-state index contributed by atoms with van der Waals surface area (Å²) in [4.78, 5) is 13.6. The molecule has 0 aromatic heterocycles. The Hall–Kier alpha value is -1.35. The molecule has 0 bridgehead atoms. The molecule has 1 aromatic rings. The van der Waals surface area contributed by atoms with Crippen LogP contribution in [0.3, 0.4) is 0 Å². The fraction of sp³-hybridized carbons (Fsp3) is 0.588. The Labute approximate surface area is 122 Å². The molecular weight excluding hydrogens is 250 g/mol. The van der Waals surface area contributed by atoms with Crippen molar-refractivity contribution in [3.8, 4) is 0 Å². The Morgan fingerprint density at radius 1 is 1.10 bits per heavy atom. The van der Waals surface area contributed by atoms with Crippen molar-refractivity contribution in [3.63, 3.8) is 0 Å². The minimum absolute atomic E-state index is 0. The maximum atomic E-state index is 11.7. The third-order valence-electron chi connectivity index (χ3n) is 4.05. The third-order valence-corrected chi connectivity index (χ3v) is 4.05. The Morgan fingerprint density at radius 2 is 1.80 bits per heavy atom. The van der Waals surface area contributed by atoms with Gasteiger partial charge in [-0.05, 0) is 37.0 Å². The van der Waals surface area contributed by atoms with Crippen molar-refractivity contribution in [2.24, 2.45) is 0 Å². The highest BCUT2D eigenvalue weighted by Gasteiger charge is 2.35. The van der Waals surface area contributed by atoms with E-state index in [1.807, 2.05) is 4.90 Å². The standard InChI is InChI=1S/C17H25NO.H2O/c1-3-5-6-7-8-14-9-11-16(12-10-14)18-15(4-2)13-17(18)19;/h9-12,15H,3-8,13H2,1-2H3;1H2/t15-;/m0./s1. The van der Waals surface area contributed by atoms with Crippen LogP contribution in [0.4, 0.5) is 5.69 Å². The van der Waals surface area contributed by atoms with Gasteiger partial charge in [-0.15, -0.1) is 0 Å². The molecule has 1 aliphatic rings. The fourth-order valence-electron chi connectivity index (χ4n) is 2.74. The number of hydrogen-bond acceptors (Lipinski definition) is 1. The summed E-state index contributed by atoms with van der Waals surface area (Å²) in [7, 11) is 0. The number of anilines is 1. The van der Waals surface area contributed by atoms with E-state index in [9.17, 15) is 4.79 Å². The van der Waals surface area contributed by atoms with Gasteiger partial charge in [0, 0.05) is 18.2 Å². The van der Waals surface area contributed by atoms with Gasteiger partial charge in [0.1, 0.15) is 0 Å². The SMILES string of the molecule is CCCCCCc1ccc(N2C(=O)C[C@@H]2CC)cc1.O. The second-order valence-electron chi connectivity index (χ2n) is 5.51. The average Bonchev–Trinajstić information content (AvgIpc) is 2.42. The molecule has 112 valence electrons. The Balaban J connectivity index is 0.00000200. The maximum absolute atomic E-state index is 11.7. The molecule has 0 spiro atoms. The van der Waals surface area contributed by atoms with Gasteiger partial charge in [0.15, 0.2) is 0 Å². The number of hydrogen-bond donors (Lipinski definition) is 0. The number of rotatable bonds is 7. The van der Waals surface area contributed by atoms with E-state index in [0.717, 1.165) is 24.9 Å². The van der Waals surface area contributed by atoms with Crippen LogP contribution in [0.2, 0.25) is 0 Å². The highest BCUT2D eigenvalue weighted by molar-refractivity contribution is 6.00. The first-order chi connectivity index (χ1) is 9.26. The molecule has 20 heavy (non-hydrogen) atoms. The molecule has 1 fully saturated rings. The molecule has 2 N–H and O–H groups in total. The van der Waals surface area contributed by atoms with Crippen molar-refractivity contribution < 1.29 is 10.3 Å². The monoisotopic (exact) mass is 277 g/mol. The molecule has 0 saturated carbocycles. The lowest BCUT2D eigenvalue weighted by atomic mass is 9.97. The Morgan fingerprint density at radius 3 is 2.35 bits per heavy atom. The molecule has 1 atom stereocenters. The quantitative estimate of drug-likeness (QED) is 0.556. The van der Waals surface area contributed by atoms with Gasteiger partial charge >= 0.3 is 0 Å². The number of β-lactam (4-membered cyclic amide) rings is 1. The summed E-state index contributed by atoms with van der Waals surface area (Å²) in [6.45, 7) is 4.38. The lowest BCUT2D eigenvalue weighted by Crippen LogP contribution is -2.52.